The molecule has 2 saturated heterocycles. The van der Waals surface area contributed by atoms with Gasteiger partial charge in [0.1, 0.15) is 0 Å². The summed E-state index contributed by atoms with van der Waals surface area (Å²) < 4.78 is 4.82. The minimum absolute atomic E-state index is 0.150. The van der Waals surface area contributed by atoms with Crippen molar-refractivity contribution in [2.45, 2.75) is 50.0 Å². The lowest BCUT2D eigenvalue weighted by Gasteiger charge is -2.55. The maximum Gasteiger partial charge on any atom is 0.409 e. The van der Waals surface area contributed by atoms with Crippen LogP contribution in [0.5, 0.6) is 0 Å². The molecule has 0 radical (unpaired) electrons. The van der Waals surface area contributed by atoms with Gasteiger partial charge in [0.2, 0.25) is 0 Å². The first-order valence-corrected chi connectivity index (χ1v) is 10.6. The van der Waals surface area contributed by atoms with E-state index in [9.17, 15) is 10.1 Å². The molecule has 28 heavy (non-hydrogen) atoms. The topological polar surface area (TPSA) is 56.6 Å². The molecule has 1 aliphatic carbocycles. The number of ether oxygens (including phenoxy) is 1. The average Bonchev–Trinajstić information content (AvgIpc) is 3.49. The summed E-state index contributed by atoms with van der Waals surface area (Å²) in [5, 5.41) is 9.29. The van der Waals surface area contributed by atoms with E-state index in [2.05, 4.69) is 41.3 Å². The molecule has 5 nitrogen and oxygen atoms in total. The highest BCUT2D eigenvalue weighted by molar-refractivity contribution is 5.69. The van der Waals surface area contributed by atoms with Gasteiger partial charge in [0.15, 0.2) is 0 Å². The van der Waals surface area contributed by atoms with Gasteiger partial charge in [-0.25, -0.2) is 4.79 Å². The van der Waals surface area contributed by atoms with Crippen molar-refractivity contribution in [1.82, 2.24) is 9.80 Å². The zero-order valence-electron chi connectivity index (χ0n) is 16.8. The monoisotopic (exact) mass is 381 g/mol. The minimum Gasteiger partial charge on any atom is -0.453 e. The second-order valence-corrected chi connectivity index (χ2v) is 8.91. The summed E-state index contributed by atoms with van der Waals surface area (Å²) in [6.45, 7) is 3.35. The molecule has 1 aromatic rings. The molecule has 1 amide bonds. The maximum atomic E-state index is 11.7. The van der Waals surface area contributed by atoms with Crippen molar-refractivity contribution in [3.63, 3.8) is 0 Å². The first-order chi connectivity index (χ1) is 13.6. The van der Waals surface area contributed by atoms with E-state index in [-0.39, 0.29) is 11.6 Å². The molecule has 1 saturated carbocycles. The molecule has 2 heterocycles. The minimum atomic E-state index is -0.277. The van der Waals surface area contributed by atoms with E-state index in [0.29, 0.717) is 19.5 Å². The van der Waals surface area contributed by atoms with E-state index in [0.717, 1.165) is 30.8 Å². The lowest BCUT2D eigenvalue weighted by Crippen LogP contribution is -2.71. The summed E-state index contributed by atoms with van der Waals surface area (Å²) in [5.41, 5.74) is 1.36. The Morgan fingerprint density at radius 1 is 1.21 bits per heavy atom. The number of methoxy groups -OCH3 is 1. The Balaban J connectivity index is 1.21. The van der Waals surface area contributed by atoms with Gasteiger partial charge in [-0.3, -0.25) is 4.90 Å². The fraction of sp³-hybridized carbons (Fsp3) is 0.652. The van der Waals surface area contributed by atoms with Gasteiger partial charge in [-0.05, 0) is 62.1 Å². The Morgan fingerprint density at radius 2 is 1.93 bits per heavy atom. The van der Waals surface area contributed by atoms with Crippen LogP contribution in [0.2, 0.25) is 0 Å². The van der Waals surface area contributed by atoms with Crippen molar-refractivity contribution < 1.29 is 9.53 Å². The molecular weight excluding hydrogens is 350 g/mol. The van der Waals surface area contributed by atoms with E-state index >= 15 is 0 Å². The molecule has 3 fully saturated rings. The summed E-state index contributed by atoms with van der Waals surface area (Å²) in [4.78, 5) is 15.9. The smallest absolute Gasteiger partial charge is 0.409 e. The Kier molecular flexibility index (Phi) is 5.59. The number of benzene rings is 1. The Bertz CT molecular complexity index is 715. The first kappa shape index (κ1) is 19.3. The largest absolute Gasteiger partial charge is 0.453 e. The van der Waals surface area contributed by atoms with Crippen molar-refractivity contribution in [2.75, 3.05) is 33.3 Å². The number of carbonyl (C=O) groups excluding carboxylic acids is 1. The third kappa shape index (κ3) is 3.89. The Morgan fingerprint density at radius 3 is 2.57 bits per heavy atom. The van der Waals surface area contributed by atoms with E-state index in [4.69, 9.17) is 4.74 Å². The molecule has 2 atom stereocenters. The molecule has 4 rings (SSSR count). The SMILES string of the molecule is COC(=O)N1CC(CC#N)(N2CCC(CCC3CC3c3ccccc3)CC2)C1. The highest BCUT2D eigenvalue weighted by Crippen LogP contribution is 2.50. The van der Waals surface area contributed by atoms with Gasteiger partial charge < -0.3 is 9.64 Å². The van der Waals surface area contributed by atoms with E-state index in [1.807, 2.05) is 0 Å². The van der Waals surface area contributed by atoms with Crippen LogP contribution in [0.25, 0.3) is 0 Å². The highest BCUT2D eigenvalue weighted by Gasteiger charge is 2.50. The third-order valence-corrected chi connectivity index (χ3v) is 7.19. The molecular formula is C23H31N3O2. The molecule has 3 aliphatic rings. The number of hydrogen-bond donors (Lipinski definition) is 0. The number of hydrogen-bond acceptors (Lipinski definition) is 4. The van der Waals surface area contributed by atoms with Crippen molar-refractivity contribution in [2.24, 2.45) is 11.8 Å². The number of amides is 1. The highest BCUT2D eigenvalue weighted by atomic mass is 16.5. The fourth-order valence-electron chi connectivity index (χ4n) is 5.31. The maximum absolute atomic E-state index is 11.7. The molecule has 2 aliphatic heterocycles. The number of piperidine rings is 1. The lowest BCUT2D eigenvalue weighted by atomic mass is 9.81. The summed E-state index contributed by atoms with van der Waals surface area (Å²) >= 11 is 0. The Hall–Kier alpha value is -2.06. The predicted octanol–water partition coefficient (Wildman–Crippen LogP) is 4.02. The van der Waals surface area contributed by atoms with Crippen molar-refractivity contribution in [3.8, 4) is 6.07 Å². The zero-order valence-corrected chi connectivity index (χ0v) is 16.8. The van der Waals surface area contributed by atoms with Crippen molar-refractivity contribution in [1.29, 1.82) is 5.26 Å². The van der Waals surface area contributed by atoms with Gasteiger partial charge in [-0.1, -0.05) is 36.8 Å². The predicted molar refractivity (Wildman–Crippen MR) is 108 cm³/mol. The quantitative estimate of drug-likeness (QED) is 0.747. The van der Waals surface area contributed by atoms with Crippen LogP contribution in [-0.2, 0) is 4.74 Å². The summed E-state index contributed by atoms with van der Waals surface area (Å²) in [6.07, 6.45) is 6.69. The molecule has 1 aromatic carbocycles. The second kappa shape index (κ2) is 8.13. The lowest BCUT2D eigenvalue weighted by molar-refractivity contribution is -0.0578. The van der Waals surface area contributed by atoms with E-state index in [1.165, 1.54) is 44.8 Å². The van der Waals surface area contributed by atoms with Gasteiger partial charge in [-0.2, -0.15) is 5.26 Å². The normalized spacial score (nSPS) is 26.9. The standard InChI is InChI=1S/C23H31N3O2/c1-28-22(27)25-16-23(17-25,11-12-24)26-13-9-18(10-14-26)7-8-20-15-21(20)19-5-3-2-4-6-19/h2-6,18,20-21H,7-11,13-17H2,1H3. The van der Waals surface area contributed by atoms with Crippen LogP contribution >= 0.6 is 0 Å². The van der Waals surface area contributed by atoms with Gasteiger partial charge in [0.25, 0.3) is 0 Å². The molecule has 0 bridgehead atoms. The van der Waals surface area contributed by atoms with E-state index in [1.54, 1.807) is 4.90 Å². The van der Waals surface area contributed by atoms with Gasteiger partial charge in [-0.15, -0.1) is 0 Å². The van der Waals surface area contributed by atoms with Crippen LogP contribution in [0.15, 0.2) is 30.3 Å². The fourth-order valence-corrected chi connectivity index (χ4v) is 5.31. The van der Waals surface area contributed by atoms with Crippen LogP contribution in [0.1, 0.15) is 50.0 Å². The van der Waals surface area contributed by atoms with Crippen LogP contribution < -0.4 is 0 Å². The van der Waals surface area contributed by atoms with Crippen LogP contribution in [-0.4, -0.2) is 54.7 Å². The molecule has 150 valence electrons. The first-order valence-electron chi connectivity index (χ1n) is 10.6. The average molecular weight is 382 g/mol. The third-order valence-electron chi connectivity index (χ3n) is 7.19. The molecule has 0 spiro atoms. The molecule has 0 N–H and O–H groups in total. The van der Waals surface area contributed by atoms with Crippen LogP contribution in [0.4, 0.5) is 4.79 Å². The second-order valence-electron chi connectivity index (χ2n) is 8.91. The summed E-state index contributed by atoms with van der Waals surface area (Å²) in [6, 6.07) is 13.3. The Labute approximate surface area is 168 Å². The summed E-state index contributed by atoms with van der Waals surface area (Å²) in [7, 11) is 1.42. The van der Waals surface area contributed by atoms with E-state index < -0.39 is 0 Å². The summed E-state index contributed by atoms with van der Waals surface area (Å²) in [5.74, 6) is 2.48. The van der Waals surface area contributed by atoms with Gasteiger partial charge in [0, 0.05) is 13.1 Å². The number of nitriles is 1. The van der Waals surface area contributed by atoms with Crippen LogP contribution in [0.3, 0.4) is 0 Å². The van der Waals surface area contributed by atoms with Crippen LogP contribution in [0, 0.1) is 23.2 Å². The number of likely N-dealkylation sites (tertiary alicyclic amines) is 2. The van der Waals surface area contributed by atoms with Crippen molar-refractivity contribution >= 4 is 6.09 Å². The van der Waals surface area contributed by atoms with Gasteiger partial charge >= 0.3 is 6.09 Å². The molecule has 0 aromatic heterocycles. The van der Waals surface area contributed by atoms with Crippen molar-refractivity contribution in [3.05, 3.63) is 35.9 Å². The number of nitrogens with zero attached hydrogens (tertiary/aromatic N) is 3. The molecule has 5 heteroatoms. The number of rotatable bonds is 6. The van der Waals surface area contributed by atoms with Gasteiger partial charge in [0.05, 0.1) is 25.1 Å². The zero-order chi connectivity index (χ0) is 19.6. The molecule has 2 unspecified atom stereocenters. The number of carbonyl (C=O) groups is 1.